The largest absolute Gasteiger partial charge is 0.382 e. The fourth-order valence-electron chi connectivity index (χ4n) is 3.11. The summed E-state index contributed by atoms with van der Waals surface area (Å²) in [6.45, 7) is 2.53. The van der Waals surface area contributed by atoms with Gasteiger partial charge >= 0.3 is 0 Å². The third-order valence-corrected chi connectivity index (χ3v) is 4.32. The van der Waals surface area contributed by atoms with Gasteiger partial charge in [0.25, 0.3) is 0 Å². The summed E-state index contributed by atoms with van der Waals surface area (Å²) in [5.41, 5.74) is -0.192. The Hall–Kier alpha value is -1.35. The maximum atomic E-state index is 12.1. The summed E-state index contributed by atoms with van der Waals surface area (Å²) in [4.78, 5) is 12.1. The Bertz CT molecular complexity index is 459. The molecule has 1 amide bonds. The Morgan fingerprint density at radius 3 is 2.94 bits per heavy atom. The molecule has 3 rings (SSSR count). The van der Waals surface area contributed by atoms with E-state index in [9.17, 15) is 9.90 Å². The molecule has 2 fully saturated rings. The first-order valence-electron chi connectivity index (χ1n) is 6.14. The minimum atomic E-state index is -0.913. The summed E-state index contributed by atoms with van der Waals surface area (Å²) in [5, 5.41) is 12.9. The van der Waals surface area contributed by atoms with Crippen LogP contribution in [-0.2, 0) is 4.79 Å². The van der Waals surface area contributed by atoms with Gasteiger partial charge in [0.05, 0.1) is 11.0 Å². The van der Waals surface area contributed by atoms with Gasteiger partial charge in [0, 0.05) is 6.54 Å². The molecule has 0 radical (unpaired) electrons. The zero-order chi connectivity index (χ0) is 12.1. The lowest BCUT2D eigenvalue weighted by atomic mass is 9.57. The Kier molecular flexibility index (Phi) is 2.11. The second-order valence-electron chi connectivity index (χ2n) is 5.46. The van der Waals surface area contributed by atoms with Crippen LogP contribution in [0.3, 0.4) is 0 Å². The van der Waals surface area contributed by atoms with Crippen LogP contribution in [0.5, 0.6) is 0 Å². The van der Waals surface area contributed by atoms with E-state index in [1.165, 1.54) is 0 Å². The Labute approximate surface area is 101 Å². The quantitative estimate of drug-likeness (QED) is 0.715. The molecule has 1 aliphatic heterocycles. The molecule has 0 bridgehead atoms. The highest BCUT2D eigenvalue weighted by Crippen LogP contribution is 2.55. The Morgan fingerprint density at radius 1 is 1.47 bits per heavy atom. The van der Waals surface area contributed by atoms with Crippen LogP contribution in [0, 0.1) is 11.3 Å². The Morgan fingerprint density at radius 2 is 2.29 bits per heavy atom. The van der Waals surface area contributed by atoms with Gasteiger partial charge in [-0.3, -0.25) is 4.79 Å². The number of carbonyl (C=O) groups excluding carboxylic acids is 1. The average Bonchev–Trinajstić information content (AvgIpc) is 2.38. The lowest BCUT2D eigenvalue weighted by Gasteiger charge is -2.43. The van der Waals surface area contributed by atoms with Crippen molar-refractivity contribution in [3.8, 4) is 0 Å². The van der Waals surface area contributed by atoms with Crippen LogP contribution >= 0.6 is 0 Å². The number of hydrogen-bond donors (Lipinski definition) is 2. The molecule has 1 saturated carbocycles. The van der Waals surface area contributed by atoms with E-state index in [1.807, 2.05) is 18.2 Å². The van der Waals surface area contributed by atoms with Gasteiger partial charge < -0.3 is 10.4 Å². The normalized spacial score (nSPS) is 43.5. The molecule has 3 nitrogen and oxygen atoms in total. The number of aliphatic hydroxyl groups is 1. The van der Waals surface area contributed by atoms with Crippen molar-refractivity contribution in [2.75, 3.05) is 6.54 Å². The van der Waals surface area contributed by atoms with E-state index in [4.69, 9.17) is 0 Å². The third kappa shape index (κ3) is 1.42. The summed E-state index contributed by atoms with van der Waals surface area (Å²) >= 11 is 0. The van der Waals surface area contributed by atoms with Gasteiger partial charge in [-0.1, -0.05) is 18.2 Å². The van der Waals surface area contributed by atoms with E-state index >= 15 is 0 Å². The van der Waals surface area contributed by atoms with E-state index < -0.39 is 5.60 Å². The van der Waals surface area contributed by atoms with Crippen molar-refractivity contribution in [3.05, 3.63) is 36.0 Å². The number of nitrogens with one attached hydrogen (secondary N) is 1. The highest BCUT2D eigenvalue weighted by Gasteiger charge is 2.57. The molecule has 0 aromatic carbocycles. The van der Waals surface area contributed by atoms with E-state index in [0.29, 0.717) is 5.92 Å². The zero-order valence-electron chi connectivity index (χ0n) is 9.94. The highest BCUT2D eigenvalue weighted by molar-refractivity contribution is 5.90. The van der Waals surface area contributed by atoms with Crippen molar-refractivity contribution in [3.63, 3.8) is 0 Å². The van der Waals surface area contributed by atoms with Crippen LogP contribution in [0.15, 0.2) is 36.0 Å². The van der Waals surface area contributed by atoms with Gasteiger partial charge in [-0.05, 0) is 43.4 Å². The monoisotopic (exact) mass is 231 g/mol. The predicted octanol–water partition coefficient (Wildman–Crippen LogP) is 1.32. The molecule has 2 N–H and O–H groups in total. The molecule has 2 aliphatic carbocycles. The zero-order valence-corrected chi connectivity index (χ0v) is 9.94. The summed E-state index contributed by atoms with van der Waals surface area (Å²) < 4.78 is 0. The average molecular weight is 231 g/mol. The lowest BCUT2D eigenvalue weighted by Crippen LogP contribution is -2.44. The maximum absolute atomic E-state index is 12.1. The molecular weight excluding hydrogens is 214 g/mol. The van der Waals surface area contributed by atoms with E-state index in [0.717, 1.165) is 25.0 Å². The standard InChI is InChI=1S/C14H17NO2/c1-13(17)6-2-3-10(4-7-13)14-8-5-11(14)9-15-12(14)16/h2-4,6-7,11,17H,5,8-9H2,1H3,(H,15,16). The number of hydrogen-bond acceptors (Lipinski definition) is 2. The highest BCUT2D eigenvalue weighted by atomic mass is 16.3. The molecule has 1 heterocycles. The lowest BCUT2D eigenvalue weighted by molar-refractivity contribution is -0.130. The number of carbonyl (C=O) groups is 1. The van der Waals surface area contributed by atoms with Crippen molar-refractivity contribution in [2.24, 2.45) is 11.3 Å². The van der Waals surface area contributed by atoms with Crippen molar-refractivity contribution in [1.82, 2.24) is 5.32 Å². The first-order chi connectivity index (χ1) is 8.05. The van der Waals surface area contributed by atoms with Gasteiger partial charge in [-0.2, -0.15) is 0 Å². The van der Waals surface area contributed by atoms with Crippen molar-refractivity contribution in [1.29, 1.82) is 0 Å². The van der Waals surface area contributed by atoms with Crippen molar-refractivity contribution in [2.45, 2.75) is 25.4 Å². The summed E-state index contributed by atoms with van der Waals surface area (Å²) in [6, 6.07) is 0. The summed E-state index contributed by atoms with van der Waals surface area (Å²) in [7, 11) is 0. The maximum Gasteiger partial charge on any atom is 0.231 e. The molecule has 3 heteroatoms. The minimum Gasteiger partial charge on any atom is -0.382 e. The van der Waals surface area contributed by atoms with Crippen molar-refractivity contribution < 1.29 is 9.90 Å². The second-order valence-corrected chi connectivity index (χ2v) is 5.46. The first kappa shape index (κ1) is 10.8. The van der Waals surface area contributed by atoms with E-state index in [-0.39, 0.29) is 11.3 Å². The van der Waals surface area contributed by atoms with E-state index in [2.05, 4.69) is 5.32 Å². The third-order valence-electron chi connectivity index (χ3n) is 4.32. The number of fused-ring (bicyclic) bond motifs is 1. The van der Waals surface area contributed by atoms with Crippen LogP contribution in [0.4, 0.5) is 0 Å². The molecular formula is C14H17NO2. The van der Waals surface area contributed by atoms with Gasteiger partial charge in [0.2, 0.25) is 5.91 Å². The molecule has 3 aliphatic rings. The van der Waals surface area contributed by atoms with Gasteiger partial charge in [0.1, 0.15) is 0 Å². The van der Waals surface area contributed by atoms with Crippen molar-refractivity contribution >= 4 is 5.91 Å². The predicted molar refractivity (Wildman–Crippen MR) is 65.2 cm³/mol. The van der Waals surface area contributed by atoms with Crippen LogP contribution in [0.25, 0.3) is 0 Å². The first-order valence-corrected chi connectivity index (χ1v) is 6.14. The van der Waals surface area contributed by atoms with Crippen LogP contribution in [-0.4, -0.2) is 23.2 Å². The smallest absolute Gasteiger partial charge is 0.231 e. The van der Waals surface area contributed by atoms with Gasteiger partial charge in [-0.25, -0.2) is 0 Å². The molecule has 1 saturated heterocycles. The number of rotatable bonds is 1. The molecule has 0 spiro atoms. The summed E-state index contributed by atoms with van der Waals surface area (Å²) in [6.07, 6.45) is 11.3. The SMILES string of the molecule is CC1(O)C=CC=C(C23CCC2CNC3=O)C=C1. The summed E-state index contributed by atoms with van der Waals surface area (Å²) in [5.74, 6) is 0.585. The molecule has 0 aromatic heterocycles. The Balaban J connectivity index is 1.98. The fourth-order valence-corrected chi connectivity index (χ4v) is 3.11. The van der Waals surface area contributed by atoms with Crippen LogP contribution in [0.1, 0.15) is 19.8 Å². The fraction of sp³-hybridized carbons (Fsp3) is 0.500. The molecule has 3 atom stereocenters. The molecule has 0 aromatic rings. The van der Waals surface area contributed by atoms with Gasteiger partial charge in [0.15, 0.2) is 0 Å². The second kappa shape index (κ2) is 3.33. The van der Waals surface area contributed by atoms with E-state index in [1.54, 1.807) is 19.1 Å². The van der Waals surface area contributed by atoms with Crippen LogP contribution in [0.2, 0.25) is 0 Å². The van der Waals surface area contributed by atoms with Crippen LogP contribution < -0.4 is 5.32 Å². The molecule has 3 unspecified atom stereocenters. The number of amides is 1. The topological polar surface area (TPSA) is 49.3 Å². The van der Waals surface area contributed by atoms with Gasteiger partial charge in [-0.15, -0.1) is 0 Å². The molecule has 17 heavy (non-hydrogen) atoms. The minimum absolute atomic E-state index is 0.152. The molecule has 90 valence electrons. The number of allylic oxidation sites excluding steroid dienone is 3.